The van der Waals surface area contributed by atoms with E-state index in [1.165, 1.54) is 62.2 Å². The molecule has 2 aromatic heterocycles. The first-order valence-electron chi connectivity index (χ1n) is 10.1. The van der Waals surface area contributed by atoms with E-state index in [2.05, 4.69) is 97.1 Å². The van der Waals surface area contributed by atoms with Gasteiger partial charge in [0, 0.05) is 45.7 Å². The van der Waals surface area contributed by atoms with E-state index in [4.69, 9.17) is 0 Å². The van der Waals surface area contributed by atoms with Gasteiger partial charge in [-0.2, -0.15) is 0 Å². The summed E-state index contributed by atoms with van der Waals surface area (Å²) in [6.07, 6.45) is 0. The molecule has 7 aromatic rings. The fraction of sp³-hybridized carbons (Fsp3) is 0. The zero-order valence-corrected chi connectivity index (χ0v) is 17.7. The van der Waals surface area contributed by atoms with Gasteiger partial charge in [-0.25, -0.2) is 0 Å². The first-order chi connectivity index (χ1) is 14.9. The van der Waals surface area contributed by atoms with Gasteiger partial charge in [-0.1, -0.05) is 72.8 Å². The normalized spacial score (nSPS) is 12.0. The highest BCUT2D eigenvalue weighted by Crippen LogP contribution is 2.45. The molecule has 0 aliphatic carbocycles. The molecule has 0 spiro atoms. The van der Waals surface area contributed by atoms with Crippen LogP contribution in [0.5, 0.6) is 0 Å². The largest absolute Gasteiger partial charge is 0.135 e. The molecule has 0 saturated carbocycles. The lowest BCUT2D eigenvalue weighted by atomic mass is 9.99. The van der Waals surface area contributed by atoms with Crippen molar-refractivity contribution in [1.29, 1.82) is 0 Å². The number of fused-ring (bicyclic) bond motifs is 9. The summed E-state index contributed by atoms with van der Waals surface area (Å²) in [6.45, 7) is 0. The zero-order valence-electron chi connectivity index (χ0n) is 16.1. The molecule has 0 bridgehead atoms. The van der Waals surface area contributed by atoms with Gasteiger partial charge in [-0.15, -0.1) is 22.7 Å². The zero-order chi connectivity index (χ0) is 19.7. The second-order valence-corrected chi connectivity index (χ2v) is 9.89. The van der Waals surface area contributed by atoms with Crippen LogP contribution in [0.1, 0.15) is 0 Å². The van der Waals surface area contributed by atoms with Crippen molar-refractivity contribution in [2.75, 3.05) is 0 Å². The highest BCUT2D eigenvalue weighted by Gasteiger charge is 2.14. The third-order valence-corrected chi connectivity index (χ3v) is 8.41. The summed E-state index contributed by atoms with van der Waals surface area (Å²) in [7, 11) is 0. The standard InChI is InChI=1S/C28H16S2/c1-2-6-17(7-3-1)19-12-14-24-22(16-19)20-13-10-18-11-15-25-27(26(18)28(20)30-24)21-8-4-5-9-23(21)29-25/h1-16H. The Hall–Kier alpha value is -3.20. The summed E-state index contributed by atoms with van der Waals surface area (Å²) in [4.78, 5) is 0. The molecular weight excluding hydrogens is 400 g/mol. The number of benzene rings is 5. The Morgan fingerprint density at radius 3 is 2.13 bits per heavy atom. The van der Waals surface area contributed by atoms with Crippen molar-refractivity contribution in [3.8, 4) is 11.1 Å². The van der Waals surface area contributed by atoms with Gasteiger partial charge >= 0.3 is 0 Å². The van der Waals surface area contributed by atoms with Crippen molar-refractivity contribution < 1.29 is 0 Å². The van der Waals surface area contributed by atoms with Gasteiger partial charge < -0.3 is 0 Å². The molecule has 30 heavy (non-hydrogen) atoms. The molecule has 0 nitrogen and oxygen atoms in total. The molecule has 0 saturated heterocycles. The van der Waals surface area contributed by atoms with Crippen LogP contribution in [-0.2, 0) is 0 Å². The second kappa shape index (κ2) is 6.15. The molecule has 0 unspecified atom stereocenters. The van der Waals surface area contributed by atoms with E-state index in [0.29, 0.717) is 0 Å². The van der Waals surface area contributed by atoms with Crippen molar-refractivity contribution in [3.05, 3.63) is 97.1 Å². The molecule has 0 radical (unpaired) electrons. The summed E-state index contributed by atoms with van der Waals surface area (Å²) in [5.74, 6) is 0. The SMILES string of the molecule is c1ccc(-c2ccc3sc4c(ccc5ccc6sc7ccccc7c6c54)c3c2)cc1. The molecule has 5 aromatic carbocycles. The maximum absolute atomic E-state index is 2.36. The summed E-state index contributed by atoms with van der Waals surface area (Å²) in [6, 6.07) is 35.6. The lowest BCUT2D eigenvalue weighted by Gasteiger charge is -2.04. The maximum Gasteiger partial charge on any atom is 0.0440 e. The van der Waals surface area contributed by atoms with Crippen molar-refractivity contribution in [3.63, 3.8) is 0 Å². The van der Waals surface area contributed by atoms with Gasteiger partial charge in [0.1, 0.15) is 0 Å². The molecule has 0 atom stereocenters. The quantitative estimate of drug-likeness (QED) is 0.250. The predicted octanol–water partition coefficient (Wildman–Crippen LogP) is 9.24. The minimum absolute atomic E-state index is 1.27. The lowest BCUT2D eigenvalue weighted by Crippen LogP contribution is -1.77. The Balaban J connectivity index is 1.64. The Bertz CT molecular complexity index is 1730. The molecule has 2 heteroatoms. The van der Waals surface area contributed by atoms with Crippen LogP contribution >= 0.6 is 22.7 Å². The van der Waals surface area contributed by atoms with E-state index in [9.17, 15) is 0 Å². The fourth-order valence-electron chi connectivity index (χ4n) is 4.67. The van der Waals surface area contributed by atoms with Crippen molar-refractivity contribution in [2.45, 2.75) is 0 Å². The van der Waals surface area contributed by atoms with Crippen molar-refractivity contribution >= 4 is 73.8 Å². The number of hydrogen-bond acceptors (Lipinski definition) is 2. The van der Waals surface area contributed by atoms with Gasteiger partial charge in [0.05, 0.1) is 0 Å². The first kappa shape index (κ1) is 16.6. The highest BCUT2D eigenvalue weighted by molar-refractivity contribution is 7.28. The Labute approximate surface area is 181 Å². The minimum atomic E-state index is 1.27. The van der Waals surface area contributed by atoms with E-state index >= 15 is 0 Å². The van der Waals surface area contributed by atoms with Crippen molar-refractivity contribution in [1.82, 2.24) is 0 Å². The molecule has 0 N–H and O–H groups in total. The smallest absolute Gasteiger partial charge is 0.0440 e. The third kappa shape index (κ3) is 2.26. The van der Waals surface area contributed by atoms with Crippen LogP contribution in [0.25, 0.3) is 62.2 Å². The summed E-state index contributed by atoms with van der Waals surface area (Å²) >= 11 is 3.82. The first-order valence-corrected chi connectivity index (χ1v) is 11.7. The number of rotatable bonds is 1. The van der Waals surface area contributed by atoms with Crippen LogP contribution in [0.15, 0.2) is 97.1 Å². The van der Waals surface area contributed by atoms with Crippen LogP contribution in [-0.4, -0.2) is 0 Å². The summed E-state index contributed by atoms with van der Waals surface area (Å²) in [5, 5.41) is 8.24. The monoisotopic (exact) mass is 416 g/mol. The molecule has 2 heterocycles. The van der Waals surface area contributed by atoms with Crippen LogP contribution < -0.4 is 0 Å². The second-order valence-electron chi connectivity index (χ2n) is 7.76. The van der Waals surface area contributed by atoms with E-state index in [0.717, 1.165) is 0 Å². The van der Waals surface area contributed by atoms with Crippen molar-refractivity contribution in [2.24, 2.45) is 0 Å². The van der Waals surface area contributed by atoms with Gasteiger partial charge in [0.15, 0.2) is 0 Å². The number of hydrogen-bond donors (Lipinski definition) is 0. The molecule has 0 fully saturated rings. The van der Waals surface area contributed by atoms with E-state index < -0.39 is 0 Å². The summed E-state index contributed by atoms with van der Waals surface area (Å²) in [5.41, 5.74) is 2.55. The fourth-order valence-corrected chi connectivity index (χ4v) is 7.03. The Kier molecular flexibility index (Phi) is 3.40. The Morgan fingerprint density at radius 2 is 1.20 bits per heavy atom. The van der Waals surface area contributed by atoms with E-state index in [1.807, 2.05) is 22.7 Å². The van der Waals surface area contributed by atoms with E-state index in [1.54, 1.807) is 0 Å². The summed E-state index contributed by atoms with van der Waals surface area (Å²) < 4.78 is 5.50. The average molecular weight is 417 g/mol. The minimum Gasteiger partial charge on any atom is -0.135 e. The number of thiophene rings is 2. The average Bonchev–Trinajstić information content (AvgIpc) is 3.37. The predicted molar refractivity (Wildman–Crippen MR) is 135 cm³/mol. The Morgan fingerprint density at radius 1 is 0.433 bits per heavy atom. The maximum atomic E-state index is 2.36. The molecule has 7 rings (SSSR count). The third-order valence-electron chi connectivity index (χ3n) is 6.07. The van der Waals surface area contributed by atoms with E-state index in [-0.39, 0.29) is 0 Å². The molecular formula is C28H16S2. The molecule has 0 aliphatic heterocycles. The van der Waals surface area contributed by atoms with Gasteiger partial charge in [0.2, 0.25) is 0 Å². The van der Waals surface area contributed by atoms with Gasteiger partial charge in [0.25, 0.3) is 0 Å². The van der Waals surface area contributed by atoms with Crippen LogP contribution in [0.2, 0.25) is 0 Å². The highest BCUT2D eigenvalue weighted by atomic mass is 32.1. The molecule has 0 amide bonds. The van der Waals surface area contributed by atoms with Gasteiger partial charge in [-0.05, 0) is 40.8 Å². The van der Waals surface area contributed by atoms with Crippen LogP contribution in [0, 0.1) is 0 Å². The lowest BCUT2D eigenvalue weighted by molar-refractivity contribution is 1.66. The topological polar surface area (TPSA) is 0 Å². The van der Waals surface area contributed by atoms with Crippen LogP contribution in [0.3, 0.4) is 0 Å². The van der Waals surface area contributed by atoms with Crippen LogP contribution in [0.4, 0.5) is 0 Å². The molecule has 0 aliphatic rings. The molecule has 140 valence electrons. The van der Waals surface area contributed by atoms with Gasteiger partial charge in [-0.3, -0.25) is 0 Å².